The van der Waals surface area contributed by atoms with Crippen LogP contribution >= 0.6 is 7.81 Å². The van der Waals surface area contributed by atoms with Crippen molar-refractivity contribution in [2.45, 2.75) is 6.92 Å². The van der Waals surface area contributed by atoms with Crippen molar-refractivity contribution < 1.29 is 86.4 Å². The zero-order valence-corrected chi connectivity index (χ0v) is 11.7. The molecule has 2 nitrogen and oxygen atoms in total. The van der Waals surface area contributed by atoms with Crippen LogP contribution in [0.2, 0.25) is 0 Å². The average molecular weight is 274 g/mol. The van der Waals surface area contributed by atoms with E-state index in [0.29, 0.717) is 13.2 Å². The third-order valence-corrected chi connectivity index (χ3v) is 0.440. The SMILES string of the molecule is CCOCCO.F[P-](F)(F)(F)(F)F.[K+]. The summed E-state index contributed by atoms with van der Waals surface area (Å²) < 4.78 is 63.9. The molecule has 0 bridgehead atoms. The second-order valence-electron chi connectivity index (χ2n) is 1.88. The summed E-state index contributed by atoms with van der Waals surface area (Å²) in [6.07, 6.45) is 0. The van der Waals surface area contributed by atoms with Gasteiger partial charge in [-0.1, -0.05) is 0 Å². The summed E-state index contributed by atoms with van der Waals surface area (Å²) in [5.41, 5.74) is 0. The molecule has 0 aliphatic heterocycles. The van der Waals surface area contributed by atoms with Crippen LogP contribution in [0.25, 0.3) is 0 Å². The van der Waals surface area contributed by atoms with Gasteiger partial charge in [0.25, 0.3) is 0 Å². The molecule has 0 aliphatic carbocycles. The molecule has 0 aromatic heterocycles. The normalized spacial score (nSPS) is 15.4. The Morgan fingerprint density at radius 1 is 1.07 bits per heavy atom. The van der Waals surface area contributed by atoms with Crippen molar-refractivity contribution >= 4 is 7.81 Å². The number of halogens is 6. The Labute approximate surface area is 120 Å². The summed E-state index contributed by atoms with van der Waals surface area (Å²) in [6.45, 7) is 3.20. The fraction of sp³-hybridized carbons (Fsp3) is 1.00. The number of aliphatic hydroxyl groups excluding tert-OH is 1. The number of hydrogen-bond acceptors (Lipinski definition) is 2. The molecule has 10 heteroatoms. The van der Waals surface area contributed by atoms with Crippen LogP contribution < -0.4 is 51.4 Å². The second kappa shape index (κ2) is 6.34. The van der Waals surface area contributed by atoms with Gasteiger partial charge in [-0.25, -0.2) is 0 Å². The summed E-state index contributed by atoms with van der Waals surface area (Å²) in [7, 11) is -10.7. The van der Waals surface area contributed by atoms with Gasteiger partial charge in [-0.05, 0) is 6.92 Å². The topological polar surface area (TPSA) is 29.5 Å². The van der Waals surface area contributed by atoms with Crippen molar-refractivity contribution in [2.24, 2.45) is 0 Å². The van der Waals surface area contributed by atoms with Gasteiger partial charge in [0.15, 0.2) is 0 Å². The molecule has 0 atom stereocenters. The molecule has 1 N–H and O–H groups in total. The number of hydrogen-bond donors (Lipinski definition) is 1. The molecule has 0 aromatic rings. The quantitative estimate of drug-likeness (QED) is 0.349. The van der Waals surface area contributed by atoms with Gasteiger partial charge in [-0.2, -0.15) is 0 Å². The predicted molar refractivity (Wildman–Crippen MR) is 37.1 cm³/mol. The van der Waals surface area contributed by atoms with E-state index in [-0.39, 0.29) is 58.0 Å². The van der Waals surface area contributed by atoms with E-state index >= 15 is 0 Å². The maximum absolute atomic E-state index is 10.7. The zero-order chi connectivity index (χ0) is 11.2. The number of ether oxygens (including phenoxy) is 1. The van der Waals surface area contributed by atoms with Crippen LogP contribution in [0.4, 0.5) is 25.2 Å². The minimum absolute atomic E-state index is 0. The first kappa shape index (κ1) is 20.9. The third kappa shape index (κ3) is 103. The average Bonchev–Trinajstić information content (AvgIpc) is 1.76. The molecular weight excluding hydrogens is 264 g/mol. The Morgan fingerprint density at radius 3 is 1.43 bits per heavy atom. The minimum atomic E-state index is -10.7. The van der Waals surface area contributed by atoms with Gasteiger partial charge in [-0.15, -0.1) is 0 Å². The van der Waals surface area contributed by atoms with E-state index < -0.39 is 7.81 Å². The van der Waals surface area contributed by atoms with Crippen LogP contribution in [0.5, 0.6) is 0 Å². The van der Waals surface area contributed by atoms with Crippen molar-refractivity contribution in [3.05, 3.63) is 0 Å². The Kier molecular flexibility index (Phi) is 9.47. The molecule has 0 saturated heterocycles. The molecule has 0 aliphatic rings. The summed E-state index contributed by atoms with van der Waals surface area (Å²) >= 11 is 0. The van der Waals surface area contributed by atoms with Crippen LogP contribution in [-0.2, 0) is 4.74 Å². The molecule has 0 fully saturated rings. The van der Waals surface area contributed by atoms with Crippen LogP contribution in [0.1, 0.15) is 6.92 Å². The standard InChI is InChI=1S/C4H10O2.F6P.K/c1-2-6-4-3-5;1-7(2,3,4,5)6;/h5H,2-4H2,1H3;;/q;-1;+1. The van der Waals surface area contributed by atoms with Crippen LogP contribution in [0, 0.1) is 0 Å². The number of rotatable bonds is 3. The van der Waals surface area contributed by atoms with Crippen LogP contribution in [0.3, 0.4) is 0 Å². The van der Waals surface area contributed by atoms with Gasteiger partial charge >= 0.3 is 84.4 Å². The fourth-order valence-corrected chi connectivity index (χ4v) is 0.209. The molecule has 0 amide bonds. The van der Waals surface area contributed by atoms with Crippen LogP contribution in [-0.4, -0.2) is 24.9 Å². The van der Waals surface area contributed by atoms with Crippen molar-refractivity contribution in [2.75, 3.05) is 19.8 Å². The van der Waals surface area contributed by atoms with Gasteiger partial charge in [-0.3, -0.25) is 0 Å². The van der Waals surface area contributed by atoms with E-state index in [9.17, 15) is 25.2 Å². The first-order valence-corrected chi connectivity index (χ1v) is 5.14. The van der Waals surface area contributed by atoms with Gasteiger partial charge in [0.1, 0.15) is 0 Å². The summed E-state index contributed by atoms with van der Waals surface area (Å²) in [5.74, 6) is 0. The van der Waals surface area contributed by atoms with Crippen molar-refractivity contribution in [1.29, 1.82) is 0 Å². The Morgan fingerprint density at radius 2 is 1.36 bits per heavy atom. The molecule has 14 heavy (non-hydrogen) atoms. The summed E-state index contributed by atoms with van der Waals surface area (Å²) in [4.78, 5) is 0. The van der Waals surface area contributed by atoms with Crippen molar-refractivity contribution in [1.82, 2.24) is 0 Å². The Hall–Kier alpha value is 1.57. The van der Waals surface area contributed by atoms with Gasteiger partial charge in [0.2, 0.25) is 0 Å². The maximum atomic E-state index is 9.87. The largest absolute Gasteiger partial charge is 1.00 e. The predicted octanol–water partition coefficient (Wildman–Crippen LogP) is 0.402. The van der Waals surface area contributed by atoms with Gasteiger partial charge in [0.05, 0.1) is 13.2 Å². The maximum Gasteiger partial charge on any atom is 1.00 e. The molecule has 0 unspecified atom stereocenters. The molecule has 0 heterocycles. The van der Waals surface area contributed by atoms with E-state index in [1.807, 2.05) is 6.92 Å². The Bertz CT molecular complexity index is 127. The monoisotopic (exact) mass is 274 g/mol. The summed E-state index contributed by atoms with van der Waals surface area (Å²) in [5, 5.41) is 8.07. The van der Waals surface area contributed by atoms with Gasteiger partial charge < -0.3 is 9.84 Å². The first-order valence-electron chi connectivity index (χ1n) is 3.11. The molecule has 0 rings (SSSR count). The molecule has 0 aromatic carbocycles. The molecular formula is C4H10F6KO2P. The third-order valence-electron chi connectivity index (χ3n) is 0.440. The molecule has 0 spiro atoms. The summed E-state index contributed by atoms with van der Waals surface area (Å²) in [6, 6.07) is 0. The molecule has 0 saturated carbocycles. The number of aliphatic hydroxyl groups is 1. The fourth-order valence-electron chi connectivity index (χ4n) is 0.209. The molecule has 86 valence electrons. The zero-order valence-electron chi connectivity index (χ0n) is 7.69. The van der Waals surface area contributed by atoms with Crippen LogP contribution in [0.15, 0.2) is 0 Å². The van der Waals surface area contributed by atoms with E-state index in [1.54, 1.807) is 0 Å². The van der Waals surface area contributed by atoms with E-state index in [1.165, 1.54) is 0 Å². The van der Waals surface area contributed by atoms with E-state index in [4.69, 9.17) is 9.84 Å². The van der Waals surface area contributed by atoms with Crippen molar-refractivity contribution in [3.8, 4) is 0 Å². The molecule has 0 radical (unpaired) electrons. The van der Waals surface area contributed by atoms with E-state index in [2.05, 4.69) is 0 Å². The minimum Gasteiger partial charge on any atom is 1.00 e. The Balaban J connectivity index is -0.000000163. The smallest absolute Gasteiger partial charge is 1.00 e. The van der Waals surface area contributed by atoms with E-state index in [0.717, 1.165) is 0 Å². The second-order valence-corrected chi connectivity index (χ2v) is 3.80. The van der Waals surface area contributed by atoms with Crippen molar-refractivity contribution in [3.63, 3.8) is 0 Å². The van der Waals surface area contributed by atoms with Gasteiger partial charge in [0, 0.05) is 6.61 Å². The first-order chi connectivity index (χ1) is 5.36.